The van der Waals surface area contributed by atoms with Gasteiger partial charge in [-0.3, -0.25) is 24.8 Å². The summed E-state index contributed by atoms with van der Waals surface area (Å²) < 4.78 is 10.7. The van der Waals surface area contributed by atoms with Crippen LogP contribution in [0.1, 0.15) is 37.2 Å². The summed E-state index contributed by atoms with van der Waals surface area (Å²) in [6, 6.07) is 7.60. The number of carbonyl (C=O) groups is 2. The molecule has 3 unspecified atom stereocenters. The number of nitro benzene ring substituents is 1. The van der Waals surface area contributed by atoms with Gasteiger partial charge in [0, 0.05) is 68.0 Å². The smallest absolute Gasteiger partial charge is 0.336 e. The molecule has 1 fully saturated rings. The van der Waals surface area contributed by atoms with E-state index < -0.39 is 28.7 Å². The van der Waals surface area contributed by atoms with E-state index in [2.05, 4.69) is 25.2 Å². The second-order valence-corrected chi connectivity index (χ2v) is 9.08. The third-order valence-corrected chi connectivity index (χ3v) is 6.79. The summed E-state index contributed by atoms with van der Waals surface area (Å²) in [6.07, 6.45) is 3.39. The number of hydrogen-bond acceptors (Lipinski definition) is 11. The molecule has 38 heavy (non-hydrogen) atoms. The Labute approximate surface area is 219 Å². The molecule has 3 atom stereocenters. The minimum absolute atomic E-state index is 0.0622. The molecule has 2 aromatic rings. The predicted molar refractivity (Wildman–Crippen MR) is 137 cm³/mol. The second kappa shape index (κ2) is 12.0. The maximum atomic E-state index is 13.5. The quantitative estimate of drug-likeness (QED) is 0.311. The molecule has 4 rings (SSSR count). The Morgan fingerprint density at radius 1 is 1.21 bits per heavy atom. The first-order chi connectivity index (χ1) is 18.3. The summed E-state index contributed by atoms with van der Waals surface area (Å²) in [5.41, 5.74) is 1.30. The van der Waals surface area contributed by atoms with Gasteiger partial charge in [-0.1, -0.05) is 12.1 Å². The third-order valence-electron chi connectivity index (χ3n) is 6.79. The summed E-state index contributed by atoms with van der Waals surface area (Å²) in [7, 11) is 1.25. The van der Waals surface area contributed by atoms with Crippen LogP contribution in [0.5, 0.6) is 0 Å². The van der Waals surface area contributed by atoms with E-state index in [4.69, 9.17) is 9.47 Å². The van der Waals surface area contributed by atoms with Gasteiger partial charge >= 0.3 is 11.9 Å². The minimum Gasteiger partial charge on any atom is -0.468 e. The van der Waals surface area contributed by atoms with Crippen LogP contribution in [0.25, 0.3) is 0 Å². The van der Waals surface area contributed by atoms with Crippen molar-refractivity contribution in [2.24, 2.45) is 10.9 Å². The number of non-ortho nitro benzene ring substituents is 1. The number of aromatic nitrogens is 2. The first kappa shape index (κ1) is 27.0. The number of piperazine rings is 1. The summed E-state index contributed by atoms with van der Waals surface area (Å²) in [6.45, 7) is 6.06. The lowest BCUT2D eigenvalue weighted by Gasteiger charge is -2.35. The number of benzene rings is 1. The second-order valence-electron chi connectivity index (χ2n) is 9.08. The first-order valence-electron chi connectivity index (χ1n) is 12.3. The molecule has 1 aromatic heterocycles. The molecule has 2 aliphatic rings. The summed E-state index contributed by atoms with van der Waals surface area (Å²) >= 11 is 0. The number of hydrogen-bond donors (Lipinski definition) is 1. The van der Waals surface area contributed by atoms with Crippen molar-refractivity contribution in [3.05, 3.63) is 75.5 Å². The van der Waals surface area contributed by atoms with E-state index >= 15 is 0 Å². The van der Waals surface area contributed by atoms with Crippen LogP contribution in [0.4, 0.5) is 5.69 Å². The molecule has 1 aromatic carbocycles. The first-order valence-corrected chi connectivity index (χ1v) is 12.3. The van der Waals surface area contributed by atoms with Crippen molar-refractivity contribution in [3.8, 4) is 0 Å². The van der Waals surface area contributed by atoms with Gasteiger partial charge in [0.25, 0.3) is 5.69 Å². The topological polar surface area (TPSA) is 149 Å². The highest BCUT2D eigenvalue weighted by Crippen LogP contribution is 2.41. The number of nitrogens with zero attached hydrogens (tertiary/aromatic N) is 5. The summed E-state index contributed by atoms with van der Waals surface area (Å²) in [4.78, 5) is 52.5. The van der Waals surface area contributed by atoms with Gasteiger partial charge in [-0.25, -0.2) is 14.8 Å². The maximum Gasteiger partial charge on any atom is 0.336 e. The molecule has 1 N–H and O–H groups in total. The number of aliphatic imine (C=N–C) groups is 1. The van der Waals surface area contributed by atoms with Crippen LogP contribution in [0.3, 0.4) is 0 Å². The average molecular weight is 523 g/mol. The van der Waals surface area contributed by atoms with Gasteiger partial charge < -0.3 is 14.8 Å². The zero-order chi connectivity index (χ0) is 27.2. The fraction of sp³-hybridized carbons (Fsp3) is 0.423. The molecule has 200 valence electrons. The van der Waals surface area contributed by atoms with Crippen molar-refractivity contribution in [1.29, 1.82) is 0 Å². The van der Waals surface area contributed by atoms with E-state index in [9.17, 15) is 19.7 Å². The van der Waals surface area contributed by atoms with Gasteiger partial charge in [0.05, 0.1) is 23.6 Å². The molecule has 3 heterocycles. The number of rotatable bonds is 8. The fourth-order valence-electron chi connectivity index (χ4n) is 5.01. The lowest BCUT2D eigenvalue weighted by atomic mass is 9.75. The van der Waals surface area contributed by atoms with Gasteiger partial charge in [0.15, 0.2) is 0 Å². The van der Waals surface area contributed by atoms with Crippen LogP contribution in [-0.2, 0) is 19.1 Å². The lowest BCUT2D eigenvalue weighted by Crippen LogP contribution is -2.47. The molecule has 0 amide bonds. The van der Waals surface area contributed by atoms with E-state index in [1.54, 1.807) is 38.4 Å². The number of carbonyl (C=O) groups excluding carboxylic acids is 2. The van der Waals surface area contributed by atoms with Crippen LogP contribution in [0, 0.1) is 16.0 Å². The van der Waals surface area contributed by atoms with Gasteiger partial charge in [0.2, 0.25) is 0 Å². The molecule has 0 radical (unpaired) electrons. The fourth-order valence-corrected chi connectivity index (χ4v) is 5.01. The van der Waals surface area contributed by atoms with Crippen LogP contribution < -0.4 is 5.32 Å². The van der Waals surface area contributed by atoms with E-state index in [-0.39, 0.29) is 23.9 Å². The highest BCUT2D eigenvalue weighted by atomic mass is 16.6. The van der Waals surface area contributed by atoms with E-state index in [1.165, 1.54) is 25.3 Å². The minimum atomic E-state index is -0.930. The number of nitrogens with one attached hydrogen (secondary N) is 1. The Bertz CT molecular complexity index is 1260. The van der Waals surface area contributed by atoms with E-state index in [0.29, 0.717) is 35.9 Å². The van der Waals surface area contributed by atoms with Crippen LogP contribution >= 0.6 is 0 Å². The predicted octanol–water partition coefficient (Wildman–Crippen LogP) is 2.20. The Kier molecular flexibility index (Phi) is 8.54. The molecule has 1 saturated heterocycles. The standard InChI is InChI=1S/C26H30N6O6/c1-16-21(25(33)37-3)23(18-6-4-7-19(14-18)32(35)36)22(17(2)30-16)26(34)38-13-12-31-11-10-27-15-20(31)24-28-8-5-9-29-24/h4-9,14,20-21,23,27H,10-13,15H2,1-3H3. The Hall–Kier alpha value is -4.03. The van der Waals surface area contributed by atoms with Crippen LogP contribution in [0.2, 0.25) is 0 Å². The van der Waals surface area contributed by atoms with Crippen molar-refractivity contribution in [2.75, 3.05) is 39.9 Å². The normalized spacial score (nSPS) is 22.0. The molecule has 2 aliphatic heterocycles. The van der Waals surface area contributed by atoms with E-state index in [1.807, 2.05) is 0 Å². The molecule has 12 nitrogen and oxygen atoms in total. The van der Waals surface area contributed by atoms with Gasteiger partial charge in [-0.2, -0.15) is 0 Å². The van der Waals surface area contributed by atoms with Crippen LogP contribution in [-0.4, -0.2) is 77.3 Å². The lowest BCUT2D eigenvalue weighted by molar-refractivity contribution is -0.384. The molecule has 0 spiro atoms. The van der Waals surface area contributed by atoms with Crippen molar-refractivity contribution in [3.63, 3.8) is 0 Å². The Morgan fingerprint density at radius 3 is 2.68 bits per heavy atom. The third kappa shape index (κ3) is 5.76. The van der Waals surface area contributed by atoms with Crippen molar-refractivity contribution in [1.82, 2.24) is 20.2 Å². The van der Waals surface area contributed by atoms with Crippen LogP contribution in [0.15, 0.2) is 59.0 Å². The SMILES string of the molecule is COC(=O)C1C(C)=NC(C)=C(C(=O)OCCN2CCNCC2c2ncccn2)C1c1cccc([N+](=O)[O-])c1. The Balaban J connectivity index is 1.57. The molecular weight excluding hydrogens is 492 g/mol. The molecule has 12 heteroatoms. The molecule has 0 saturated carbocycles. The number of ether oxygens (including phenoxy) is 2. The summed E-state index contributed by atoms with van der Waals surface area (Å²) in [5.74, 6) is -2.31. The molecule has 0 bridgehead atoms. The van der Waals surface area contributed by atoms with Gasteiger partial charge in [-0.15, -0.1) is 0 Å². The molecular formula is C26H30N6O6. The highest BCUT2D eigenvalue weighted by molar-refractivity contribution is 6.07. The summed E-state index contributed by atoms with van der Waals surface area (Å²) in [5, 5.41) is 14.8. The monoisotopic (exact) mass is 522 g/mol. The Morgan fingerprint density at radius 2 is 1.97 bits per heavy atom. The maximum absolute atomic E-state index is 13.5. The zero-order valence-electron chi connectivity index (χ0n) is 21.5. The van der Waals surface area contributed by atoms with E-state index in [0.717, 1.165) is 13.1 Å². The molecule has 0 aliphatic carbocycles. The van der Waals surface area contributed by atoms with Gasteiger partial charge in [-0.05, 0) is 25.5 Å². The highest BCUT2D eigenvalue weighted by Gasteiger charge is 2.42. The van der Waals surface area contributed by atoms with Gasteiger partial charge in [0.1, 0.15) is 18.3 Å². The average Bonchev–Trinajstić information content (AvgIpc) is 2.93. The van der Waals surface area contributed by atoms with Crippen molar-refractivity contribution in [2.45, 2.75) is 25.8 Å². The van der Waals surface area contributed by atoms with Crippen molar-refractivity contribution >= 4 is 23.3 Å². The number of esters is 2. The number of methoxy groups -OCH3 is 1. The zero-order valence-corrected chi connectivity index (χ0v) is 21.5. The number of nitro groups is 1. The number of allylic oxidation sites excluding steroid dienone is 1. The van der Waals surface area contributed by atoms with Crippen molar-refractivity contribution < 1.29 is 24.0 Å². The largest absolute Gasteiger partial charge is 0.468 e.